The van der Waals surface area contributed by atoms with Gasteiger partial charge in [-0.3, -0.25) is 4.90 Å². The molecule has 2 rings (SSSR count). The van der Waals surface area contributed by atoms with E-state index in [1.165, 1.54) is 12.1 Å². The molecular weight excluding hydrogens is 297 g/mol. The normalized spacial score (nSPS) is 11.3. The fraction of sp³-hybridized carbons (Fsp3) is 0.429. The predicted molar refractivity (Wildman–Crippen MR) is 76.4 cm³/mol. The standard InChI is InChI=1S/C14H17ClFN3O2/c1-10-17-14(18-21-10)9-19(5-6-20-2)8-11-3-4-12(16)7-13(11)15/h3-4,7H,5-6,8-9H2,1-2H3. The molecule has 0 aliphatic carbocycles. The van der Waals surface area contributed by atoms with E-state index in [2.05, 4.69) is 15.0 Å². The quantitative estimate of drug-likeness (QED) is 0.786. The molecule has 5 nitrogen and oxygen atoms in total. The van der Waals surface area contributed by atoms with Crippen molar-refractivity contribution in [2.24, 2.45) is 0 Å². The van der Waals surface area contributed by atoms with Crippen LogP contribution in [0.15, 0.2) is 22.7 Å². The maximum Gasteiger partial charge on any atom is 0.223 e. The van der Waals surface area contributed by atoms with Gasteiger partial charge in [0.05, 0.1) is 13.2 Å². The van der Waals surface area contributed by atoms with E-state index in [9.17, 15) is 4.39 Å². The second-order valence-corrected chi connectivity index (χ2v) is 5.08. The molecular formula is C14H17ClFN3O2. The third kappa shape index (κ3) is 4.77. The van der Waals surface area contributed by atoms with E-state index >= 15 is 0 Å². The summed E-state index contributed by atoms with van der Waals surface area (Å²) in [6.45, 7) is 4.05. The molecule has 1 aromatic carbocycles. The number of methoxy groups -OCH3 is 1. The summed E-state index contributed by atoms with van der Waals surface area (Å²) < 4.78 is 23.2. The largest absolute Gasteiger partial charge is 0.383 e. The van der Waals surface area contributed by atoms with Gasteiger partial charge in [-0.05, 0) is 17.7 Å². The Balaban J connectivity index is 2.08. The summed E-state index contributed by atoms with van der Waals surface area (Å²) >= 11 is 6.07. The highest BCUT2D eigenvalue weighted by Gasteiger charge is 2.13. The summed E-state index contributed by atoms with van der Waals surface area (Å²) in [4.78, 5) is 6.25. The molecule has 0 spiro atoms. The number of benzene rings is 1. The van der Waals surface area contributed by atoms with E-state index in [4.69, 9.17) is 20.9 Å². The van der Waals surface area contributed by atoms with Gasteiger partial charge in [0.2, 0.25) is 5.89 Å². The maximum atomic E-state index is 13.1. The first-order valence-corrected chi connectivity index (χ1v) is 6.90. The lowest BCUT2D eigenvalue weighted by molar-refractivity contribution is 0.137. The van der Waals surface area contributed by atoms with Gasteiger partial charge in [0.15, 0.2) is 5.82 Å². The Labute approximate surface area is 127 Å². The highest BCUT2D eigenvalue weighted by molar-refractivity contribution is 6.31. The zero-order chi connectivity index (χ0) is 15.2. The van der Waals surface area contributed by atoms with Crippen molar-refractivity contribution >= 4 is 11.6 Å². The summed E-state index contributed by atoms with van der Waals surface area (Å²) in [7, 11) is 1.64. The number of hydrogen-bond donors (Lipinski definition) is 0. The number of nitrogens with zero attached hydrogens (tertiary/aromatic N) is 3. The number of aryl methyl sites for hydroxylation is 1. The SMILES string of the molecule is COCCN(Cc1noc(C)n1)Cc1ccc(F)cc1Cl. The van der Waals surface area contributed by atoms with Crippen molar-refractivity contribution < 1.29 is 13.7 Å². The van der Waals surface area contributed by atoms with Gasteiger partial charge in [0, 0.05) is 32.1 Å². The van der Waals surface area contributed by atoms with Crippen molar-refractivity contribution in [2.75, 3.05) is 20.3 Å². The van der Waals surface area contributed by atoms with Crippen LogP contribution in [0.4, 0.5) is 4.39 Å². The van der Waals surface area contributed by atoms with Crippen LogP contribution in [0.5, 0.6) is 0 Å². The highest BCUT2D eigenvalue weighted by atomic mass is 35.5. The lowest BCUT2D eigenvalue weighted by atomic mass is 10.2. The highest BCUT2D eigenvalue weighted by Crippen LogP contribution is 2.19. The molecule has 1 aromatic heterocycles. The molecule has 0 N–H and O–H groups in total. The Kier molecular flexibility index (Phi) is 5.67. The minimum atomic E-state index is -0.346. The second-order valence-electron chi connectivity index (χ2n) is 4.67. The Morgan fingerprint density at radius 1 is 1.38 bits per heavy atom. The first-order chi connectivity index (χ1) is 10.1. The first kappa shape index (κ1) is 15.9. The smallest absolute Gasteiger partial charge is 0.223 e. The molecule has 0 aliphatic rings. The van der Waals surface area contributed by atoms with Gasteiger partial charge < -0.3 is 9.26 Å². The molecule has 0 aliphatic heterocycles. The number of aromatic nitrogens is 2. The van der Waals surface area contributed by atoms with Gasteiger partial charge in [0.1, 0.15) is 5.82 Å². The van der Waals surface area contributed by atoms with E-state index in [0.717, 1.165) is 5.56 Å². The zero-order valence-electron chi connectivity index (χ0n) is 12.0. The fourth-order valence-electron chi connectivity index (χ4n) is 1.93. The van der Waals surface area contributed by atoms with E-state index in [0.29, 0.717) is 43.0 Å². The van der Waals surface area contributed by atoms with E-state index in [1.807, 2.05) is 0 Å². The topological polar surface area (TPSA) is 51.4 Å². The third-order valence-corrected chi connectivity index (χ3v) is 3.31. The molecule has 0 unspecified atom stereocenters. The molecule has 2 aromatic rings. The fourth-order valence-corrected chi connectivity index (χ4v) is 2.16. The number of rotatable bonds is 7. The number of ether oxygens (including phenoxy) is 1. The van der Waals surface area contributed by atoms with Crippen molar-refractivity contribution in [3.63, 3.8) is 0 Å². The molecule has 114 valence electrons. The molecule has 21 heavy (non-hydrogen) atoms. The monoisotopic (exact) mass is 313 g/mol. The van der Waals surface area contributed by atoms with Gasteiger partial charge in [-0.25, -0.2) is 4.39 Å². The lowest BCUT2D eigenvalue weighted by Crippen LogP contribution is -2.27. The van der Waals surface area contributed by atoms with Crippen molar-refractivity contribution in [3.05, 3.63) is 46.3 Å². The molecule has 0 saturated carbocycles. The predicted octanol–water partition coefficient (Wildman–Crippen LogP) is 2.82. The van der Waals surface area contributed by atoms with Crippen molar-refractivity contribution in [2.45, 2.75) is 20.0 Å². The van der Waals surface area contributed by atoms with Crippen molar-refractivity contribution in [3.8, 4) is 0 Å². The average Bonchev–Trinajstić information content (AvgIpc) is 2.84. The van der Waals surface area contributed by atoms with E-state index in [-0.39, 0.29) is 5.82 Å². The number of halogens is 2. The minimum Gasteiger partial charge on any atom is -0.383 e. The molecule has 0 atom stereocenters. The van der Waals surface area contributed by atoms with E-state index < -0.39 is 0 Å². The van der Waals surface area contributed by atoms with Crippen molar-refractivity contribution in [1.29, 1.82) is 0 Å². The summed E-state index contributed by atoms with van der Waals surface area (Å²) in [6.07, 6.45) is 0. The Morgan fingerprint density at radius 2 is 2.19 bits per heavy atom. The molecule has 0 fully saturated rings. The summed E-state index contributed by atoms with van der Waals surface area (Å²) in [6, 6.07) is 4.39. The first-order valence-electron chi connectivity index (χ1n) is 6.53. The minimum absolute atomic E-state index is 0.346. The summed E-state index contributed by atoms with van der Waals surface area (Å²) in [5, 5.41) is 4.28. The van der Waals surface area contributed by atoms with Crippen LogP contribution in [0.25, 0.3) is 0 Å². The average molecular weight is 314 g/mol. The molecule has 0 saturated heterocycles. The summed E-state index contributed by atoms with van der Waals surface area (Å²) in [5.41, 5.74) is 0.842. The van der Waals surface area contributed by atoms with Crippen molar-refractivity contribution in [1.82, 2.24) is 15.0 Å². The Hall–Kier alpha value is -1.50. The number of hydrogen-bond acceptors (Lipinski definition) is 5. The molecule has 7 heteroatoms. The summed E-state index contributed by atoms with van der Waals surface area (Å²) in [5.74, 6) is 0.777. The maximum absolute atomic E-state index is 13.1. The van der Waals surface area contributed by atoms with Gasteiger partial charge in [-0.15, -0.1) is 0 Å². The van der Waals surface area contributed by atoms with Gasteiger partial charge >= 0.3 is 0 Å². The van der Waals surface area contributed by atoms with Crippen LogP contribution in [-0.4, -0.2) is 35.3 Å². The van der Waals surface area contributed by atoms with Crippen LogP contribution >= 0.6 is 11.6 Å². The van der Waals surface area contributed by atoms with Crippen LogP contribution in [0.3, 0.4) is 0 Å². The van der Waals surface area contributed by atoms with Crippen LogP contribution in [-0.2, 0) is 17.8 Å². The molecule has 1 heterocycles. The lowest BCUT2D eigenvalue weighted by Gasteiger charge is -2.21. The van der Waals surface area contributed by atoms with Gasteiger partial charge in [-0.2, -0.15) is 4.98 Å². The zero-order valence-corrected chi connectivity index (χ0v) is 12.7. The Morgan fingerprint density at radius 3 is 2.81 bits per heavy atom. The third-order valence-electron chi connectivity index (χ3n) is 2.96. The van der Waals surface area contributed by atoms with Gasteiger partial charge in [-0.1, -0.05) is 22.8 Å². The molecule has 0 bridgehead atoms. The Bertz CT molecular complexity index is 591. The van der Waals surface area contributed by atoms with Crippen LogP contribution in [0.2, 0.25) is 5.02 Å². The van der Waals surface area contributed by atoms with Crippen LogP contribution in [0.1, 0.15) is 17.3 Å². The van der Waals surface area contributed by atoms with E-state index in [1.54, 1.807) is 20.1 Å². The van der Waals surface area contributed by atoms with Gasteiger partial charge in [0.25, 0.3) is 0 Å². The molecule has 0 amide bonds. The van der Waals surface area contributed by atoms with Crippen LogP contribution in [0, 0.1) is 12.7 Å². The van der Waals surface area contributed by atoms with Crippen LogP contribution < -0.4 is 0 Å². The molecule has 0 radical (unpaired) electrons. The second kappa shape index (κ2) is 7.49.